The third-order valence-electron chi connectivity index (χ3n) is 5.12. The zero-order valence-electron chi connectivity index (χ0n) is 14.9. The number of ketones is 1. The van der Waals surface area contributed by atoms with Gasteiger partial charge >= 0.3 is 5.97 Å². The Bertz CT molecular complexity index is 919. The van der Waals surface area contributed by atoms with E-state index in [1.165, 1.54) is 0 Å². The van der Waals surface area contributed by atoms with Crippen LogP contribution in [-0.4, -0.2) is 24.5 Å². The summed E-state index contributed by atoms with van der Waals surface area (Å²) in [6, 6.07) is 15.1. The lowest BCUT2D eigenvalue weighted by atomic mass is 9.69. The number of esters is 1. The van der Waals surface area contributed by atoms with Crippen LogP contribution >= 0.6 is 15.9 Å². The summed E-state index contributed by atoms with van der Waals surface area (Å²) in [4.78, 5) is 26.0. The molecule has 0 aromatic heterocycles. The van der Waals surface area contributed by atoms with Crippen molar-refractivity contribution in [3.8, 4) is 5.75 Å². The Morgan fingerprint density at radius 2 is 2.00 bits per heavy atom. The van der Waals surface area contributed by atoms with Gasteiger partial charge in [0.15, 0.2) is 5.78 Å². The lowest BCUT2D eigenvalue weighted by Gasteiger charge is -2.40. The van der Waals surface area contributed by atoms with Crippen molar-refractivity contribution in [2.75, 3.05) is 6.61 Å². The van der Waals surface area contributed by atoms with Gasteiger partial charge in [-0.3, -0.25) is 4.79 Å². The second-order valence-corrected chi connectivity index (χ2v) is 7.61. The van der Waals surface area contributed by atoms with Crippen molar-refractivity contribution in [3.63, 3.8) is 0 Å². The summed E-state index contributed by atoms with van der Waals surface area (Å²) >= 11 is 3.43. The largest absolute Gasteiger partial charge is 0.489 e. The number of rotatable bonds is 3. The lowest BCUT2D eigenvalue weighted by Crippen LogP contribution is -2.44. The molecule has 138 valence electrons. The SMILES string of the molecule is CCOC(=O)C1=CC[C@H]2Oc3ccc(Br)cc3C(=O)[C@@H]2[C@@H]1c1ccccc1. The molecule has 0 unspecified atom stereocenters. The maximum absolute atomic E-state index is 13.4. The molecule has 1 aliphatic carbocycles. The first-order chi connectivity index (χ1) is 13.1. The van der Waals surface area contributed by atoms with Crippen molar-refractivity contribution in [1.82, 2.24) is 0 Å². The van der Waals surface area contributed by atoms with Gasteiger partial charge in [0.25, 0.3) is 0 Å². The van der Waals surface area contributed by atoms with Gasteiger partial charge < -0.3 is 9.47 Å². The molecule has 1 aliphatic heterocycles. The van der Waals surface area contributed by atoms with Gasteiger partial charge in [-0.25, -0.2) is 4.79 Å². The van der Waals surface area contributed by atoms with Crippen LogP contribution in [-0.2, 0) is 9.53 Å². The average molecular weight is 427 g/mol. The molecule has 0 N–H and O–H groups in total. The summed E-state index contributed by atoms with van der Waals surface area (Å²) in [5, 5.41) is 0. The first-order valence-electron chi connectivity index (χ1n) is 9.02. The monoisotopic (exact) mass is 426 g/mol. The Morgan fingerprint density at radius 3 is 2.74 bits per heavy atom. The molecule has 1 heterocycles. The molecule has 4 rings (SSSR count). The van der Waals surface area contributed by atoms with E-state index in [4.69, 9.17) is 9.47 Å². The van der Waals surface area contributed by atoms with Crippen LogP contribution in [0.25, 0.3) is 0 Å². The van der Waals surface area contributed by atoms with E-state index in [0.29, 0.717) is 29.9 Å². The van der Waals surface area contributed by atoms with Crippen LogP contribution in [0.15, 0.2) is 64.7 Å². The van der Waals surface area contributed by atoms with Crippen LogP contribution in [0, 0.1) is 5.92 Å². The summed E-state index contributed by atoms with van der Waals surface area (Å²) in [6.07, 6.45) is 2.08. The molecule has 5 heteroatoms. The van der Waals surface area contributed by atoms with Crippen molar-refractivity contribution in [1.29, 1.82) is 0 Å². The van der Waals surface area contributed by atoms with Gasteiger partial charge in [-0.05, 0) is 30.7 Å². The van der Waals surface area contributed by atoms with E-state index in [1.807, 2.05) is 48.5 Å². The highest BCUT2D eigenvalue weighted by Gasteiger charge is 2.47. The van der Waals surface area contributed by atoms with Crippen molar-refractivity contribution >= 4 is 27.7 Å². The van der Waals surface area contributed by atoms with Gasteiger partial charge in [0.1, 0.15) is 11.9 Å². The first kappa shape index (κ1) is 18.0. The summed E-state index contributed by atoms with van der Waals surface area (Å²) in [6.45, 7) is 2.08. The molecule has 0 spiro atoms. The van der Waals surface area contributed by atoms with Crippen molar-refractivity contribution < 1.29 is 19.1 Å². The maximum Gasteiger partial charge on any atom is 0.334 e. The number of halogens is 1. The third kappa shape index (κ3) is 3.21. The molecule has 2 aliphatic rings. The van der Waals surface area contributed by atoms with E-state index in [9.17, 15) is 9.59 Å². The molecular weight excluding hydrogens is 408 g/mol. The van der Waals surface area contributed by atoms with Crippen LogP contribution < -0.4 is 4.74 Å². The fraction of sp³-hybridized carbons (Fsp3) is 0.273. The van der Waals surface area contributed by atoms with Crippen molar-refractivity contribution in [2.45, 2.75) is 25.4 Å². The first-order valence-corrected chi connectivity index (χ1v) is 9.82. The van der Waals surface area contributed by atoms with Gasteiger partial charge in [-0.2, -0.15) is 0 Å². The van der Waals surface area contributed by atoms with Gasteiger partial charge in [0, 0.05) is 22.4 Å². The quantitative estimate of drug-likeness (QED) is 0.668. The van der Waals surface area contributed by atoms with Crippen LogP contribution in [0.3, 0.4) is 0 Å². The summed E-state index contributed by atoms with van der Waals surface area (Å²) in [5.41, 5.74) is 2.01. The molecule has 0 amide bonds. The fourth-order valence-electron chi connectivity index (χ4n) is 3.98. The zero-order chi connectivity index (χ0) is 19.0. The Labute approximate surface area is 166 Å². The van der Waals surface area contributed by atoms with E-state index in [0.717, 1.165) is 10.0 Å². The van der Waals surface area contributed by atoms with Crippen LogP contribution in [0.4, 0.5) is 0 Å². The smallest absolute Gasteiger partial charge is 0.334 e. The summed E-state index contributed by atoms with van der Waals surface area (Å²) < 4.78 is 12.3. The van der Waals surface area contributed by atoms with Crippen molar-refractivity contribution in [2.24, 2.45) is 5.92 Å². The molecule has 0 bridgehead atoms. The van der Waals surface area contributed by atoms with Gasteiger partial charge in [-0.1, -0.05) is 52.3 Å². The highest BCUT2D eigenvalue weighted by molar-refractivity contribution is 9.10. The van der Waals surface area contributed by atoms with E-state index in [2.05, 4.69) is 15.9 Å². The lowest BCUT2D eigenvalue weighted by molar-refractivity contribution is -0.139. The number of hydrogen-bond acceptors (Lipinski definition) is 4. The van der Waals surface area contributed by atoms with E-state index in [-0.39, 0.29) is 23.8 Å². The molecular formula is C22H19BrO4. The second kappa shape index (κ2) is 7.31. The number of ether oxygens (including phenoxy) is 2. The normalized spacial score (nSPS) is 23.6. The topological polar surface area (TPSA) is 52.6 Å². The second-order valence-electron chi connectivity index (χ2n) is 6.69. The fourth-order valence-corrected chi connectivity index (χ4v) is 4.34. The molecule has 0 saturated carbocycles. The molecule has 0 radical (unpaired) electrons. The summed E-state index contributed by atoms with van der Waals surface area (Å²) in [5.74, 6) is -0.601. The zero-order valence-corrected chi connectivity index (χ0v) is 16.4. The minimum atomic E-state index is -0.460. The van der Waals surface area contributed by atoms with Gasteiger partial charge in [-0.15, -0.1) is 0 Å². The Hall–Kier alpha value is -2.40. The molecule has 2 aromatic rings. The highest BCUT2D eigenvalue weighted by atomic mass is 79.9. The number of carbonyl (C=O) groups is 2. The molecule has 2 aromatic carbocycles. The predicted molar refractivity (Wildman–Crippen MR) is 105 cm³/mol. The number of benzene rings is 2. The number of Topliss-reactive ketones (excluding diaryl/α,β-unsaturated/α-hetero) is 1. The highest BCUT2D eigenvalue weighted by Crippen LogP contribution is 2.46. The average Bonchev–Trinajstić information content (AvgIpc) is 2.69. The van der Waals surface area contributed by atoms with Crippen LogP contribution in [0.1, 0.15) is 35.2 Å². The Balaban J connectivity index is 1.82. The number of fused-ring (bicyclic) bond motifs is 2. The minimum absolute atomic E-state index is 0.00583. The van der Waals surface area contributed by atoms with Crippen LogP contribution in [0.2, 0.25) is 0 Å². The van der Waals surface area contributed by atoms with Gasteiger partial charge in [0.2, 0.25) is 0 Å². The standard InChI is InChI=1S/C22H19BrO4/c1-2-26-22(25)15-9-11-18-20(19(15)13-6-4-3-5-7-13)21(24)16-12-14(23)8-10-17(16)27-18/h3-10,12,18-20H,2,11H2,1H3/t18-,19-,20+/m1/s1. The van der Waals surface area contributed by atoms with E-state index < -0.39 is 5.92 Å². The molecule has 0 fully saturated rings. The number of hydrogen-bond donors (Lipinski definition) is 0. The van der Waals surface area contributed by atoms with E-state index >= 15 is 0 Å². The molecule has 4 nitrogen and oxygen atoms in total. The minimum Gasteiger partial charge on any atom is -0.489 e. The third-order valence-corrected chi connectivity index (χ3v) is 5.62. The maximum atomic E-state index is 13.4. The molecule has 3 atom stereocenters. The molecule has 27 heavy (non-hydrogen) atoms. The Morgan fingerprint density at radius 1 is 1.22 bits per heavy atom. The summed E-state index contributed by atoms with van der Waals surface area (Å²) in [7, 11) is 0. The van der Waals surface area contributed by atoms with Crippen molar-refractivity contribution in [3.05, 3.63) is 75.8 Å². The predicted octanol–water partition coefficient (Wildman–Crippen LogP) is 4.69. The molecule has 0 saturated heterocycles. The van der Waals surface area contributed by atoms with Gasteiger partial charge in [0.05, 0.1) is 18.1 Å². The van der Waals surface area contributed by atoms with Crippen LogP contribution in [0.5, 0.6) is 5.75 Å². The van der Waals surface area contributed by atoms with E-state index in [1.54, 1.807) is 13.0 Å². The Kier molecular flexibility index (Phi) is 4.87. The number of carbonyl (C=O) groups excluding carboxylic acids is 2.